The van der Waals surface area contributed by atoms with Gasteiger partial charge in [-0.25, -0.2) is 8.78 Å². The van der Waals surface area contributed by atoms with E-state index in [-0.39, 0.29) is 5.88 Å². The molecular formula is C15H9BrF2N2O. The standard InChI is InChI=1S/C15H9BrF2N2O/c16-11-5-4-9(7-12(11)18)14-13(15(19)21-20-14)8-2-1-3-10(17)6-8/h1-7H,19H2. The van der Waals surface area contributed by atoms with Crippen molar-refractivity contribution < 1.29 is 13.3 Å². The van der Waals surface area contributed by atoms with Crippen molar-refractivity contribution in [3.8, 4) is 22.4 Å². The molecule has 0 unspecified atom stereocenters. The smallest absolute Gasteiger partial charge is 0.230 e. The van der Waals surface area contributed by atoms with Crippen LogP contribution in [0.15, 0.2) is 51.5 Å². The van der Waals surface area contributed by atoms with Gasteiger partial charge in [0.15, 0.2) is 0 Å². The summed E-state index contributed by atoms with van der Waals surface area (Å²) in [5, 5.41) is 3.86. The minimum Gasteiger partial charge on any atom is -0.367 e. The first-order valence-electron chi connectivity index (χ1n) is 6.03. The molecule has 1 heterocycles. The fourth-order valence-corrected chi connectivity index (χ4v) is 2.31. The maximum absolute atomic E-state index is 13.7. The van der Waals surface area contributed by atoms with Crippen LogP contribution in [-0.4, -0.2) is 5.16 Å². The summed E-state index contributed by atoms with van der Waals surface area (Å²) in [4.78, 5) is 0. The molecule has 1 aromatic heterocycles. The first-order valence-corrected chi connectivity index (χ1v) is 6.82. The molecule has 0 bridgehead atoms. The third-order valence-electron chi connectivity index (χ3n) is 3.02. The summed E-state index contributed by atoms with van der Waals surface area (Å²) in [5.74, 6) is -0.778. The lowest BCUT2D eigenvalue weighted by Crippen LogP contribution is -1.89. The zero-order chi connectivity index (χ0) is 15.0. The molecule has 2 aromatic carbocycles. The van der Waals surface area contributed by atoms with E-state index in [9.17, 15) is 8.78 Å². The van der Waals surface area contributed by atoms with Crippen molar-refractivity contribution in [2.24, 2.45) is 0 Å². The van der Waals surface area contributed by atoms with Gasteiger partial charge in [-0.05, 0) is 45.8 Å². The molecular weight excluding hydrogens is 342 g/mol. The van der Waals surface area contributed by atoms with E-state index in [1.165, 1.54) is 18.2 Å². The highest BCUT2D eigenvalue weighted by Gasteiger charge is 2.18. The maximum Gasteiger partial charge on any atom is 0.230 e. The number of nitrogens with zero attached hydrogens (tertiary/aromatic N) is 1. The van der Waals surface area contributed by atoms with E-state index in [0.29, 0.717) is 26.9 Å². The van der Waals surface area contributed by atoms with E-state index < -0.39 is 11.6 Å². The Kier molecular flexibility index (Phi) is 3.47. The molecule has 3 rings (SSSR count). The van der Waals surface area contributed by atoms with Crippen molar-refractivity contribution in [3.63, 3.8) is 0 Å². The zero-order valence-electron chi connectivity index (χ0n) is 10.6. The van der Waals surface area contributed by atoms with E-state index in [4.69, 9.17) is 10.3 Å². The molecule has 0 saturated heterocycles. The molecule has 0 saturated carbocycles. The van der Waals surface area contributed by atoms with Crippen LogP contribution in [0.25, 0.3) is 22.4 Å². The largest absolute Gasteiger partial charge is 0.367 e. The zero-order valence-corrected chi connectivity index (χ0v) is 12.2. The van der Waals surface area contributed by atoms with E-state index in [2.05, 4.69) is 21.1 Å². The quantitative estimate of drug-likeness (QED) is 0.732. The number of hydrogen-bond donors (Lipinski definition) is 1. The van der Waals surface area contributed by atoms with Crippen molar-refractivity contribution in [2.75, 3.05) is 5.73 Å². The van der Waals surface area contributed by atoms with Crippen molar-refractivity contribution in [2.45, 2.75) is 0 Å². The van der Waals surface area contributed by atoms with Crippen LogP contribution >= 0.6 is 15.9 Å². The van der Waals surface area contributed by atoms with Gasteiger partial charge in [-0.15, -0.1) is 0 Å². The first kappa shape index (κ1) is 13.8. The number of nitrogens with two attached hydrogens (primary N) is 1. The second kappa shape index (κ2) is 5.29. The SMILES string of the molecule is Nc1onc(-c2ccc(Br)c(F)c2)c1-c1cccc(F)c1. The molecule has 21 heavy (non-hydrogen) atoms. The van der Waals surface area contributed by atoms with Crippen molar-refractivity contribution in [3.05, 3.63) is 58.6 Å². The Bertz CT molecular complexity index is 817. The normalized spacial score (nSPS) is 10.8. The molecule has 0 fully saturated rings. The Balaban J connectivity index is 2.19. The average molecular weight is 351 g/mol. The van der Waals surface area contributed by atoms with Gasteiger partial charge in [-0.3, -0.25) is 0 Å². The second-order valence-electron chi connectivity index (χ2n) is 4.41. The van der Waals surface area contributed by atoms with Crippen LogP contribution in [0, 0.1) is 11.6 Å². The number of aromatic nitrogens is 1. The lowest BCUT2D eigenvalue weighted by molar-refractivity contribution is 0.439. The van der Waals surface area contributed by atoms with Crippen LogP contribution in [0.2, 0.25) is 0 Å². The van der Waals surface area contributed by atoms with E-state index in [1.807, 2.05) is 0 Å². The monoisotopic (exact) mass is 350 g/mol. The fraction of sp³-hybridized carbons (Fsp3) is 0. The van der Waals surface area contributed by atoms with Crippen LogP contribution < -0.4 is 5.73 Å². The number of anilines is 1. The Morgan fingerprint density at radius 3 is 2.57 bits per heavy atom. The van der Waals surface area contributed by atoms with E-state index in [0.717, 1.165) is 0 Å². The number of hydrogen-bond acceptors (Lipinski definition) is 3. The van der Waals surface area contributed by atoms with Crippen LogP contribution in [-0.2, 0) is 0 Å². The number of rotatable bonds is 2. The molecule has 0 aliphatic rings. The van der Waals surface area contributed by atoms with Crippen molar-refractivity contribution in [1.82, 2.24) is 5.16 Å². The van der Waals surface area contributed by atoms with Gasteiger partial charge in [0, 0.05) is 5.56 Å². The summed E-state index contributed by atoms with van der Waals surface area (Å²) in [6.07, 6.45) is 0. The van der Waals surface area contributed by atoms with Crippen LogP contribution in [0.5, 0.6) is 0 Å². The highest BCUT2D eigenvalue weighted by Crippen LogP contribution is 2.37. The molecule has 6 heteroatoms. The van der Waals surface area contributed by atoms with Gasteiger partial charge in [0.1, 0.15) is 17.3 Å². The van der Waals surface area contributed by atoms with E-state index in [1.54, 1.807) is 24.3 Å². The highest BCUT2D eigenvalue weighted by molar-refractivity contribution is 9.10. The summed E-state index contributed by atoms with van der Waals surface area (Å²) >= 11 is 3.09. The third kappa shape index (κ3) is 2.54. The fourth-order valence-electron chi connectivity index (χ4n) is 2.07. The molecule has 0 aliphatic heterocycles. The van der Waals surface area contributed by atoms with Crippen molar-refractivity contribution >= 4 is 21.8 Å². The van der Waals surface area contributed by atoms with Gasteiger partial charge in [-0.1, -0.05) is 23.4 Å². The van der Waals surface area contributed by atoms with Gasteiger partial charge >= 0.3 is 0 Å². The number of halogens is 3. The topological polar surface area (TPSA) is 52.0 Å². The van der Waals surface area contributed by atoms with Gasteiger partial charge < -0.3 is 10.3 Å². The summed E-state index contributed by atoms with van der Waals surface area (Å²) < 4.78 is 32.4. The van der Waals surface area contributed by atoms with E-state index >= 15 is 0 Å². The average Bonchev–Trinajstić information content (AvgIpc) is 2.84. The maximum atomic E-state index is 13.7. The van der Waals surface area contributed by atoms with Crippen LogP contribution in [0.4, 0.5) is 14.7 Å². The Hall–Kier alpha value is -2.21. The molecule has 0 aliphatic carbocycles. The van der Waals surface area contributed by atoms with Crippen LogP contribution in [0.1, 0.15) is 0 Å². The summed E-state index contributed by atoms with van der Waals surface area (Å²) in [5.41, 5.74) is 7.60. The van der Waals surface area contributed by atoms with Gasteiger partial charge in [0.25, 0.3) is 0 Å². The van der Waals surface area contributed by atoms with Gasteiger partial charge in [-0.2, -0.15) is 0 Å². The first-order chi connectivity index (χ1) is 10.1. The molecule has 0 radical (unpaired) electrons. The molecule has 2 N–H and O–H groups in total. The van der Waals surface area contributed by atoms with Gasteiger partial charge in [0.05, 0.1) is 10.0 Å². The molecule has 0 spiro atoms. The Morgan fingerprint density at radius 1 is 1.05 bits per heavy atom. The predicted octanol–water partition coefficient (Wildman–Crippen LogP) is 4.63. The Labute approximate surface area is 127 Å². The van der Waals surface area contributed by atoms with Crippen molar-refractivity contribution in [1.29, 1.82) is 0 Å². The molecule has 0 atom stereocenters. The summed E-state index contributed by atoms with van der Waals surface area (Å²) in [7, 11) is 0. The van der Waals surface area contributed by atoms with Gasteiger partial charge in [0.2, 0.25) is 5.88 Å². The lowest BCUT2D eigenvalue weighted by atomic mass is 10.0. The van der Waals surface area contributed by atoms with Crippen LogP contribution in [0.3, 0.4) is 0 Å². The summed E-state index contributed by atoms with van der Waals surface area (Å²) in [6, 6.07) is 10.4. The molecule has 3 aromatic rings. The minimum absolute atomic E-state index is 0.0546. The summed E-state index contributed by atoms with van der Waals surface area (Å²) in [6.45, 7) is 0. The molecule has 106 valence electrons. The highest BCUT2D eigenvalue weighted by atomic mass is 79.9. The number of nitrogen functional groups attached to an aromatic ring is 1. The number of benzene rings is 2. The minimum atomic E-state index is -0.431. The molecule has 0 amide bonds. The Morgan fingerprint density at radius 2 is 1.86 bits per heavy atom. The second-order valence-corrected chi connectivity index (χ2v) is 5.26. The predicted molar refractivity (Wildman–Crippen MR) is 79.4 cm³/mol. The third-order valence-corrected chi connectivity index (χ3v) is 3.67. The molecule has 3 nitrogen and oxygen atoms in total. The lowest BCUT2D eigenvalue weighted by Gasteiger charge is -2.04.